The number of carbonyl (C=O) groups is 1. The van der Waals surface area contributed by atoms with Gasteiger partial charge in [-0.15, -0.1) is 0 Å². The molecule has 13 heavy (non-hydrogen) atoms. The molecule has 1 heterocycles. The van der Waals surface area contributed by atoms with Crippen LogP contribution in [0.1, 0.15) is 13.3 Å². The van der Waals surface area contributed by atoms with E-state index in [2.05, 4.69) is 0 Å². The number of rotatable bonds is 1. The van der Waals surface area contributed by atoms with Crippen molar-refractivity contribution in [1.29, 1.82) is 0 Å². The van der Waals surface area contributed by atoms with Crippen LogP contribution in [0.3, 0.4) is 0 Å². The molecule has 0 bridgehead atoms. The zero-order valence-electron chi connectivity index (χ0n) is 7.02. The molecule has 0 aromatic heterocycles. The van der Waals surface area contributed by atoms with Crippen LogP contribution in [0.5, 0.6) is 0 Å². The second kappa shape index (κ2) is 3.53. The number of hydrogen-bond acceptors (Lipinski definition) is 2. The molecule has 0 spiro atoms. The fourth-order valence-corrected chi connectivity index (χ4v) is 1.17. The second-order valence-corrected chi connectivity index (χ2v) is 2.94. The summed E-state index contributed by atoms with van der Waals surface area (Å²) in [6.07, 6.45) is -4.71. The highest BCUT2D eigenvalue weighted by Crippen LogP contribution is 2.18. The van der Waals surface area contributed by atoms with E-state index in [0.717, 1.165) is 0 Å². The van der Waals surface area contributed by atoms with Crippen LogP contribution in [0.2, 0.25) is 0 Å². The minimum Gasteiger partial charge on any atom is -0.376 e. The maximum Gasteiger partial charge on any atom is 0.471 e. The monoisotopic (exact) mass is 197 g/mol. The first-order valence-corrected chi connectivity index (χ1v) is 3.90. The van der Waals surface area contributed by atoms with E-state index in [4.69, 9.17) is 4.74 Å². The predicted molar refractivity (Wildman–Crippen MR) is 38.0 cm³/mol. The van der Waals surface area contributed by atoms with Crippen molar-refractivity contribution in [2.75, 3.05) is 6.61 Å². The van der Waals surface area contributed by atoms with E-state index in [1.54, 1.807) is 6.92 Å². The maximum atomic E-state index is 11.8. The van der Waals surface area contributed by atoms with Crippen molar-refractivity contribution in [1.82, 2.24) is 5.32 Å². The minimum absolute atomic E-state index is 0.341. The minimum atomic E-state index is -4.80. The Balaban J connectivity index is 2.45. The molecule has 6 heteroatoms. The summed E-state index contributed by atoms with van der Waals surface area (Å²) in [4.78, 5) is 10.5. The molecule has 1 fully saturated rings. The maximum absolute atomic E-state index is 11.8. The Bertz CT molecular complexity index is 204. The average molecular weight is 197 g/mol. The van der Waals surface area contributed by atoms with Gasteiger partial charge in [0, 0.05) is 6.61 Å². The Morgan fingerprint density at radius 3 is 2.54 bits per heavy atom. The van der Waals surface area contributed by atoms with E-state index in [9.17, 15) is 18.0 Å². The molecule has 1 aliphatic rings. The fourth-order valence-electron chi connectivity index (χ4n) is 1.17. The molecule has 76 valence electrons. The summed E-state index contributed by atoms with van der Waals surface area (Å²) < 4.78 is 40.3. The van der Waals surface area contributed by atoms with E-state index in [1.165, 1.54) is 0 Å². The smallest absolute Gasteiger partial charge is 0.376 e. The van der Waals surface area contributed by atoms with Gasteiger partial charge < -0.3 is 10.1 Å². The van der Waals surface area contributed by atoms with Crippen LogP contribution in [-0.2, 0) is 9.53 Å². The quantitative estimate of drug-likeness (QED) is 0.676. The van der Waals surface area contributed by atoms with Crippen LogP contribution in [0, 0.1) is 0 Å². The highest BCUT2D eigenvalue weighted by molar-refractivity contribution is 5.82. The van der Waals surface area contributed by atoms with Crippen molar-refractivity contribution in [3.63, 3.8) is 0 Å². The average Bonchev–Trinajstić information content (AvgIpc) is 2.34. The van der Waals surface area contributed by atoms with Gasteiger partial charge in [-0.05, 0) is 13.3 Å². The molecule has 1 amide bonds. The number of hydrogen-bond donors (Lipinski definition) is 1. The molecule has 2 unspecified atom stereocenters. The van der Waals surface area contributed by atoms with E-state index in [0.29, 0.717) is 13.0 Å². The van der Waals surface area contributed by atoms with Crippen molar-refractivity contribution in [3.05, 3.63) is 0 Å². The predicted octanol–water partition coefficient (Wildman–Crippen LogP) is 0.842. The SMILES string of the molecule is CC1OCCC1NC(=O)C(F)(F)F. The Morgan fingerprint density at radius 2 is 2.15 bits per heavy atom. The lowest BCUT2D eigenvalue weighted by Crippen LogP contribution is -2.45. The van der Waals surface area contributed by atoms with Crippen LogP contribution in [0.15, 0.2) is 0 Å². The van der Waals surface area contributed by atoms with Crippen LogP contribution < -0.4 is 5.32 Å². The summed E-state index contributed by atoms with van der Waals surface area (Å²) in [5.74, 6) is -1.89. The molecule has 0 radical (unpaired) electrons. The molecule has 1 saturated heterocycles. The van der Waals surface area contributed by atoms with Gasteiger partial charge in [-0.1, -0.05) is 0 Å². The van der Waals surface area contributed by atoms with Gasteiger partial charge in [0.15, 0.2) is 0 Å². The van der Waals surface area contributed by atoms with Gasteiger partial charge in [-0.25, -0.2) is 0 Å². The lowest BCUT2D eigenvalue weighted by atomic mass is 10.1. The Morgan fingerprint density at radius 1 is 1.54 bits per heavy atom. The Hall–Kier alpha value is -0.780. The molecule has 2 atom stereocenters. The lowest BCUT2D eigenvalue weighted by molar-refractivity contribution is -0.174. The Kier molecular flexibility index (Phi) is 2.80. The van der Waals surface area contributed by atoms with Gasteiger partial charge in [-0.2, -0.15) is 13.2 Å². The first-order valence-electron chi connectivity index (χ1n) is 3.90. The van der Waals surface area contributed by atoms with E-state index in [1.807, 2.05) is 5.32 Å². The standard InChI is InChI=1S/C7H10F3NO2/c1-4-5(2-3-13-4)11-6(12)7(8,9)10/h4-5H,2-3H2,1H3,(H,11,12). The highest BCUT2D eigenvalue weighted by atomic mass is 19.4. The number of alkyl halides is 3. The van der Waals surface area contributed by atoms with Gasteiger partial charge in [0.25, 0.3) is 0 Å². The molecular formula is C7H10F3NO2. The van der Waals surface area contributed by atoms with Gasteiger partial charge in [0.1, 0.15) is 0 Å². The number of nitrogens with one attached hydrogen (secondary N) is 1. The molecule has 1 rings (SSSR count). The molecule has 0 aliphatic carbocycles. The Labute approximate surface area is 73.2 Å². The van der Waals surface area contributed by atoms with E-state index < -0.39 is 18.1 Å². The molecule has 0 aromatic carbocycles. The van der Waals surface area contributed by atoms with Crippen LogP contribution in [-0.4, -0.2) is 30.8 Å². The number of halogens is 3. The molecule has 1 N–H and O–H groups in total. The molecule has 0 saturated carbocycles. The van der Waals surface area contributed by atoms with Crippen LogP contribution >= 0.6 is 0 Å². The third-order valence-corrected chi connectivity index (χ3v) is 1.95. The van der Waals surface area contributed by atoms with Crippen molar-refractivity contribution >= 4 is 5.91 Å². The van der Waals surface area contributed by atoms with Crippen molar-refractivity contribution in [2.24, 2.45) is 0 Å². The lowest BCUT2D eigenvalue weighted by Gasteiger charge is -2.16. The third kappa shape index (κ3) is 2.58. The molecule has 1 aliphatic heterocycles. The fraction of sp³-hybridized carbons (Fsp3) is 0.857. The molecule has 0 aromatic rings. The van der Waals surface area contributed by atoms with Gasteiger partial charge in [0.05, 0.1) is 12.1 Å². The summed E-state index contributed by atoms with van der Waals surface area (Å²) in [6.45, 7) is 2.03. The second-order valence-electron chi connectivity index (χ2n) is 2.94. The molecule has 3 nitrogen and oxygen atoms in total. The third-order valence-electron chi connectivity index (χ3n) is 1.95. The molecular weight excluding hydrogens is 187 g/mol. The van der Waals surface area contributed by atoms with Gasteiger partial charge in [-0.3, -0.25) is 4.79 Å². The van der Waals surface area contributed by atoms with Crippen molar-refractivity contribution in [3.8, 4) is 0 Å². The normalized spacial score (nSPS) is 28.9. The highest BCUT2D eigenvalue weighted by Gasteiger charge is 2.41. The van der Waals surface area contributed by atoms with Crippen molar-refractivity contribution < 1.29 is 22.7 Å². The first-order chi connectivity index (χ1) is 5.91. The van der Waals surface area contributed by atoms with Crippen molar-refractivity contribution in [2.45, 2.75) is 31.7 Å². The summed E-state index contributed by atoms with van der Waals surface area (Å²) in [5, 5.41) is 1.88. The topological polar surface area (TPSA) is 38.3 Å². The van der Waals surface area contributed by atoms with Gasteiger partial charge >= 0.3 is 12.1 Å². The van der Waals surface area contributed by atoms with Crippen LogP contribution in [0.4, 0.5) is 13.2 Å². The van der Waals surface area contributed by atoms with Gasteiger partial charge in [0.2, 0.25) is 0 Å². The summed E-state index contributed by atoms with van der Waals surface area (Å²) in [7, 11) is 0. The zero-order valence-corrected chi connectivity index (χ0v) is 7.02. The summed E-state index contributed by atoms with van der Waals surface area (Å²) >= 11 is 0. The number of amides is 1. The number of ether oxygens (including phenoxy) is 1. The summed E-state index contributed by atoms with van der Waals surface area (Å²) in [5.41, 5.74) is 0. The van der Waals surface area contributed by atoms with E-state index >= 15 is 0 Å². The zero-order chi connectivity index (χ0) is 10.1. The van der Waals surface area contributed by atoms with E-state index in [-0.39, 0.29) is 6.10 Å². The largest absolute Gasteiger partial charge is 0.471 e. The first kappa shape index (κ1) is 10.3. The summed E-state index contributed by atoms with van der Waals surface area (Å²) in [6, 6.07) is -0.519. The van der Waals surface area contributed by atoms with Crippen LogP contribution in [0.25, 0.3) is 0 Å². The number of carbonyl (C=O) groups excluding carboxylic acids is 1.